The fourth-order valence-electron chi connectivity index (χ4n) is 2.12. The Morgan fingerprint density at radius 2 is 2.10 bits per heavy atom. The van der Waals surface area contributed by atoms with Crippen molar-refractivity contribution in [2.45, 2.75) is 27.3 Å². The lowest BCUT2D eigenvalue weighted by Crippen LogP contribution is -2.07. The Bertz CT molecular complexity index is 631. The molecule has 0 spiro atoms. The number of aryl methyl sites for hydroxylation is 3. The largest absolute Gasteiger partial charge is 0.381 e. The topological polar surface area (TPSA) is 59.0 Å². The Morgan fingerprint density at radius 1 is 1.35 bits per heavy atom. The van der Waals surface area contributed by atoms with E-state index in [0.29, 0.717) is 0 Å². The molecule has 20 heavy (non-hydrogen) atoms. The SMILES string of the molecule is CC(=O)Nc1ccc(NCc2cn(C)nc2C)cc1C. The summed E-state index contributed by atoms with van der Waals surface area (Å²) in [6.45, 7) is 6.23. The molecule has 1 aromatic carbocycles. The number of amides is 1. The Labute approximate surface area is 119 Å². The molecular weight excluding hydrogens is 252 g/mol. The second-order valence-electron chi connectivity index (χ2n) is 4.98. The number of aromatic nitrogens is 2. The summed E-state index contributed by atoms with van der Waals surface area (Å²) in [5.41, 5.74) is 5.12. The van der Waals surface area contributed by atoms with Crippen LogP contribution in [0.25, 0.3) is 0 Å². The highest BCUT2D eigenvalue weighted by Gasteiger charge is 2.04. The molecule has 0 radical (unpaired) electrons. The summed E-state index contributed by atoms with van der Waals surface area (Å²) in [5, 5.41) is 10.5. The lowest BCUT2D eigenvalue weighted by atomic mass is 10.1. The third-order valence-corrected chi connectivity index (χ3v) is 3.14. The minimum Gasteiger partial charge on any atom is -0.381 e. The van der Waals surface area contributed by atoms with E-state index in [2.05, 4.69) is 15.7 Å². The Hall–Kier alpha value is -2.30. The van der Waals surface area contributed by atoms with E-state index in [0.717, 1.165) is 29.2 Å². The lowest BCUT2D eigenvalue weighted by molar-refractivity contribution is -0.114. The average molecular weight is 272 g/mol. The van der Waals surface area contributed by atoms with Crippen molar-refractivity contribution in [1.82, 2.24) is 9.78 Å². The molecule has 0 aliphatic carbocycles. The van der Waals surface area contributed by atoms with Crippen molar-refractivity contribution in [3.05, 3.63) is 41.2 Å². The summed E-state index contributed by atoms with van der Waals surface area (Å²) in [5.74, 6) is -0.0557. The zero-order chi connectivity index (χ0) is 14.7. The van der Waals surface area contributed by atoms with Crippen LogP contribution in [0.3, 0.4) is 0 Å². The van der Waals surface area contributed by atoms with Gasteiger partial charge in [0.05, 0.1) is 5.69 Å². The van der Waals surface area contributed by atoms with E-state index in [1.165, 1.54) is 12.5 Å². The quantitative estimate of drug-likeness (QED) is 0.899. The predicted octanol–water partition coefficient (Wildman–Crippen LogP) is 2.61. The summed E-state index contributed by atoms with van der Waals surface area (Å²) in [6.07, 6.45) is 2.01. The van der Waals surface area contributed by atoms with Gasteiger partial charge < -0.3 is 10.6 Å². The number of anilines is 2. The molecule has 0 saturated heterocycles. The first kappa shape index (κ1) is 14.1. The van der Waals surface area contributed by atoms with Crippen LogP contribution >= 0.6 is 0 Å². The van der Waals surface area contributed by atoms with Gasteiger partial charge in [-0.05, 0) is 37.6 Å². The first-order valence-electron chi connectivity index (χ1n) is 6.57. The van der Waals surface area contributed by atoms with Crippen LogP contribution in [0.2, 0.25) is 0 Å². The van der Waals surface area contributed by atoms with Gasteiger partial charge in [0.25, 0.3) is 0 Å². The van der Waals surface area contributed by atoms with Gasteiger partial charge in [-0.25, -0.2) is 0 Å². The monoisotopic (exact) mass is 272 g/mol. The number of nitrogens with one attached hydrogen (secondary N) is 2. The van der Waals surface area contributed by atoms with E-state index in [4.69, 9.17) is 0 Å². The molecule has 1 amide bonds. The minimum atomic E-state index is -0.0557. The molecular formula is C15H20N4O. The fourth-order valence-corrected chi connectivity index (χ4v) is 2.12. The highest BCUT2D eigenvalue weighted by atomic mass is 16.1. The number of nitrogens with zero attached hydrogens (tertiary/aromatic N) is 2. The van der Waals surface area contributed by atoms with Crippen LogP contribution in [0.1, 0.15) is 23.7 Å². The van der Waals surface area contributed by atoms with Crippen molar-refractivity contribution in [1.29, 1.82) is 0 Å². The van der Waals surface area contributed by atoms with Crippen molar-refractivity contribution in [3.8, 4) is 0 Å². The third kappa shape index (κ3) is 3.38. The molecule has 2 aromatic rings. The summed E-state index contributed by atoms with van der Waals surface area (Å²) in [7, 11) is 1.92. The van der Waals surface area contributed by atoms with Crippen molar-refractivity contribution in [2.24, 2.45) is 7.05 Å². The van der Waals surface area contributed by atoms with Gasteiger partial charge in [-0.3, -0.25) is 9.48 Å². The summed E-state index contributed by atoms with van der Waals surface area (Å²) < 4.78 is 1.82. The van der Waals surface area contributed by atoms with E-state index in [-0.39, 0.29) is 5.91 Å². The first-order valence-corrected chi connectivity index (χ1v) is 6.57. The van der Waals surface area contributed by atoms with E-state index in [9.17, 15) is 4.79 Å². The molecule has 0 fully saturated rings. The Morgan fingerprint density at radius 3 is 2.65 bits per heavy atom. The molecule has 106 valence electrons. The highest BCUT2D eigenvalue weighted by Crippen LogP contribution is 2.20. The highest BCUT2D eigenvalue weighted by molar-refractivity contribution is 5.89. The number of hydrogen-bond acceptors (Lipinski definition) is 3. The van der Waals surface area contributed by atoms with Gasteiger partial charge in [0.15, 0.2) is 0 Å². The third-order valence-electron chi connectivity index (χ3n) is 3.14. The number of benzene rings is 1. The van der Waals surface area contributed by atoms with Crippen molar-refractivity contribution in [2.75, 3.05) is 10.6 Å². The maximum absolute atomic E-state index is 11.1. The molecule has 5 nitrogen and oxygen atoms in total. The molecule has 0 atom stereocenters. The van der Waals surface area contributed by atoms with Gasteiger partial charge in [0, 0.05) is 43.7 Å². The van der Waals surface area contributed by atoms with Gasteiger partial charge in [0.2, 0.25) is 5.91 Å². The Kier molecular flexibility index (Phi) is 4.08. The predicted molar refractivity (Wildman–Crippen MR) is 80.8 cm³/mol. The van der Waals surface area contributed by atoms with E-state index < -0.39 is 0 Å². The van der Waals surface area contributed by atoms with Gasteiger partial charge in [0.1, 0.15) is 0 Å². The van der Waals surface area contributed by atoms with E-state index in [1.807, 2.05) is 50.0 Å². The number of carbonyl (C=O) groups excluding carboxylic acids is 1. The second-order valence-corrected chi connectivity index (χ2v) is 4.98. The fraction of sp³-hybridized carbons (Fsp3) is 0.333. The van der Waals surface area contributed by atoms with Gasteiger partial charge in [-0.15, -0.1) is 0 Å². The van der Waals surface area contributed by atoms with Crippen LogP contribution in [0.5, 0.6) is 0 Å². The van der Waals surface area contributed by atoms with Crippen molar-refractivity contribution in [3.63, 3.8) is 0 Å². The number of rotatable bonds is 4. The Balaban J connectivity index is 2.05. The van der Waals surface area contributed by atoms with Crippen molar-refractivity contribution < 1.29 is 4.79 Å². The summed E-state index contributed by atoms with van der Waals surface area (Å²) in [4.78, 5) is 11.1. The summed E-state index contributed by atoms with van der Waals surface area (Å²) >= 11 is 0. The molecule has 5 heteroatoms. The second kappa shape index (κ2) is 5.77. The molecule has 0 aliphatic heterocycles. The van der Waals surface area contributed by atoms with Gasteiger partial charge in [-0.2, -0.15) is 5.10 Å². The molecule has 2 N–H and O–H groups in total. The molecule has 2 rings (SSSR count). The van der Waals surface area contributed by atoms with Crippen LogP contribution in [0.15, 0.2) is 24.4 Å². The maximum atomic E-state index is 11.1. The smallest absolute Gasteiger partial charge is 0.221 e. The van der Waals surface area contributed by atoms with Gasteiger partial charge in [-0.1, -0.05) is 0 Å². The minimum absolute atomic E-state index is 0.0557. The van der Waals surface area contributed by atoms with Crippen LogP contribution in [0, 0.1) is 13.8 Å². The molecule has 0 saturated carbocycles. The molecule has 1 aromatic heterocycles. The van der Waals surface area contributed by atoms with Crippen LogP contribution in [0.4, 0.5) is 11.4 Å². The van der Waals surface area contributed by atoms with Crippen molar-refractivity contribution >= 4 is 17.3 Å². The lowest BCUT2D eigenvalue weighted by Gasteiger charge is -2.10. The van der Waals surface area contributed by atoms with Gasteiger partial charge >= 0.3 is 0 Å². The maximum Gasteiger partial charge on any atom is 0.221 e. The molecule has 1 heterocycles. The summed E-state index contributed by atoms with van der Waals surface area (Å²) in [6, 6.07) is 5.90. The van der Waals surface area contributed by atoms with Crippen LogP contribution in [-0.4, -0.2) is 15.7 Å². The van der Waals surface area contributed by atoms with E-state index in [1.54, 1.807) is 0 Å². The normalized spacial score (nSPS) is 10.4. The van der Waals surface area contributed by atoms with Crippen LogP contribution < -0.4 is 10.6 Å². The first-order chi connectivity index (χ1) is 9.45. The zero-order valence-corrected chi connectivity index (χ0v) is 12.3. The number of hydrogen-bond donors (Lipinski definition) is 2. The molecule has 0 aliphatic rings. The van der Waals surface area contributed by atoms with Crippen LogP contribution in [-0.2, 0) is 18.4 Å². The van der Waals surface area contributed by atoms with E-state index >= 15 is 0 Å². The zero-order valence-electron chi connectivity index (χ0n) is 12.3. The molecule has 0 unspecified atom stereocenters. The number of carbonyl (C=O) groups is 1. The average Bonchev–Trinajstić information content (AvgIpc) is 2.68. The molecule has 0 bridgehead atoms. The standard InChI is InChI=1S/C15H20N4O/c1-10-7-14(5-6-15(10)17-12(3)20)16-8-13-9-19(4)18-11(13)2/h5-7,9,16H,8H2,1-4H3,(H,17,20).